The van der Waals surface area contributed by atoms with Crippen LogP contribution in [0.4, 0.5) is 4.79 Å². The van der Waals surface area contributed by atoms with Crippen LogP contribution in [-0.2, 0) is 32.1 Å². The molecule has 2 N–H and O–H groups in total. The van der Waals surface area contributed by atoms with Crippen LogP contribution in [0.15, 0.2) is 48.8 Å². The molecule has 1 saturated carbocycles. The average Bonchev–Trinajstić information content (AvgIpc) is 2.98. The number of hydrogen-bond acceptors (Lipinski definition) is 6. The first kappa shape index (κ1) is 32.1. The summed E-state index contributed by atoms with van der Waals surface area (Å²) in [6.07, 6.45) is 9.96. The Morgan fingerprint density at radius 3 is 2.51 bits per heavy atom. The minimum absolute atomic E-state index is 0.00935. The van der Waals surface area contributed by atoms with Crippen LogP contribution in [0.2, 0.25) is 5.02 Å². The van der Waals surface area contributed by atoms with Crippen LogP contribution in [-0.4, -0.2) is 59.8 Å². The lowest BCUT2D eigenvalue weighted by molar-refractivity contribution is -0.134. The molecule has 1 heterocycles. The van der Waals surface area contributed by atoms with E-state index in [1.165, 1.54) is 6.42 Å². The number of nitrogens with zero attached hydrogens (tertiary/aromatic N) is 2. The lowest BCUT2D eigenvalue weighted by atomic mass is 9.84. The van der Waals surface area contributed by atoms with Gasteiger partial charge in [0.25, 0.3) is 0 Å². The highest BCUT2D eigenvalue weighted by Gasteiger charge is 2.29. The molecular weight excluding hydrogens is 544 g/mol. The number of carbonyl (C=O) groups excluding carboxylic acids is 4. The van der Waals surface area contributed by atoms with Gasteiger partial charge in [0.1, 0.15) is 18.9 Å². The van der Waals surface area contributed by atoms with Crippen LogP contribution in [0.25, 0.3) is 0 Å². The first-order valence-electron chi connectivity index (χ1n) is 14.3. The summed E-state index contributed by atoms with van der Waals surface area (Å²) in [5.74, 6) is -0.767. The van der Waals surface area contributed by atoms with Crippen LogP contribution in [0.1, 0.15) is 63.0 Å². The maximum atomic E-state index is 13.3. The van der Waals surface area contributed by atoms with Gasteiger partial charge in [0, 0.05) is 36.9 Å². The zero-order valence-electron chi connectivity index (χ0n) is 23.9. The number of pyridine rings is 1. The zero-order valence-corrected chi connectivity index (χ0v) is 24.6. The second kappa shape index (κ2) is 16.7. The van der Waals surface area contributed by atoms with E-state index in [0.29, 0.717) is 30.7 Å². The summed E-state index contributed by atoms with van der Waals surface area (Å²) in [4.78, 5) is 56.5. The summed E-state index contributed by atoms with van der Waals surface area (Å²) < 4.78 is 5.35. The van der Waals surface area contributed by atoms with Crippen LogP contribution >= 0.6 is 11.6 Å². The minimum atomic E-state index is -0.867. The van der Waals surface area contributed by atoms with Gasteiger partial charge in [-0.05, 0) is 60.6 Å². The monoisotopic (exact) mass is 584 g/mol. The summed E-state index contributed by atoms with van der Waals surface area (Å²) in [7, 11) is 1.73. The average molecular weight is 585 g/mol. The molecule has 2 aromatic rings. The SMILES string of the molecule is CC(C[C@@H](C=O)NC(=O)[C@H](CC1CCCCC1)NC(=O)OCc1cccc(Cl)c1)C(=O)N(C)CCc1ccncc1. The molecule has 0 bridgehead atoms. The summed E-state index contributed by atoms with van der Waals surface area (Å²) in [5, 5.41) is 5.99. The second-order valence-corrected chi connectivity index (χ2v) is 11.3. The molecule has 3 rings (SSSR count). The maximum absolute atomic E-state index is 13.3. The largest absolute Gasteiger partial charge is 0.445 e. The highest BCUT2D eigenvalue weighted by atomic mass is 35.5. The third-order valence-electron chi connectivity index (χ3n) is 7.54. The first-order valence-corrected chi connectivity index (χ1v) is 14.7. The topological polar surface area (TPSA) is 118 Å². The number of nitrogens with one attached hydrogen (secondary N) is 2. The van der Waals surface area contributed by atoms with Crippen molar-refractivity contribution in [2.45, 2.75) is 77.0 Å². The Morgan fingerprint density at radius 1 is 1.10 bits per heavy atom. The molecule has 3 amide bonds. The third kappa shape index (κ3) is 11.1. The Balaban J connectivity index is 1.55. The molecule has 41 heavy (non-hydrogen) atoms. The molecule has 3 atom stereocenters. The highest BCUT2D eigenvalue weighted by molar-refractivity contribution is 6.30. The van der Waals surface area contributed by atoms with Crippen molar-refractivity contribution in [3.05, 3.63) is 64.9 Å². The highest BCUT2D eigenvalue weighted by Crippen LogP contribution is 2.27. The fraction of sp³-hybridized carbons (Fsp3) is 0.516. The van der Waals surface area contributed by atoms with E-state index in [1.807, 2.05) is 12.1 Å². The van der Waals surface area contributed by atoms with Crippen molar-refractivity contribution < 1.29 is 23.9 Å². The van der Waals surface area contributed by atoms with Gasteiger partial charge in [-0.15, -0.1) is 0 Å². The number of aromatic nitrogens is 1. The lowest BCUT2D eigenvalue weighted by Gasteiger charge is -2.28. The van der Waals surface area contributed by atoms with Crippen molar-refractivity contribution in [2.24, 2.45) is 11.8 Å². The molecular formula is C31H41ClN4O5. The number of aldehydes is 1. The predicted molar refractivity (Wildman–Crippen MR) is 157 cm³/mol. The fourth-order valence-corrected chi connectivity index (χ4v) is 5.41. The van der Waals surface area contributed by atoms with Gasteiger partial charge < -0.3 is 25.1 Å². The van der Waals surface area contributed by atoms with Crippen molar-refractivity contribution in [3.8, 4) is 0 Å². The van der Waals surface area contributed by atoms with Gasteiger partial charge in [0.2, 0.25) is 11.8 Å². The third-order valence-corrected chi connectivity index (χ3v) is 7.78. The van der Waals surface area contributed by atoms with E-state index in [4.69, 9.17) is 16.3 Å². The number of ether oxygens (including phenoxy) is 1. The van der Waals surface area contributed by atoms with Crippen molar-refractivity contribution >= 4 is 35.8 Å². The Bertz CT molecular complexity index is 1140. The normalized spacial score (nSPS) is 15.7. The molecule has 1 aromatic carbocycles. The summed E-state index contributed by atoms with van der Waals surface area (Å²) in [5.41, 5.74) is 1.80. The molecule has 1 unspecified atom stereocenters. The second-order valence-electron chi connectivity index (χ2n) is 10.9. The van der Waals surface area contributed by atoms with Gasteiger partial charge in [-0.25, -0.2) is 4.79 Å². The van der Waals surface area contributed by atoms with Gasteiger partial charge in [-0.1, -0.05) is 62.8 Å². The molecule has 0 radical (unpaired) electrons. The molecule has 222 valence electrons. The fourth-order valence-electron chi connectivity index (χ4n) is 5.19. The van der Waals surface area contributed by atoms with E-state index < -0.39 is 30.0 Å². The number of amides is 3. The molecule has 10 heteroatoms. The molecule has 0 aliphatic heterocycles. The number of rotatable bonds is 14. The quantitative estimate of drug-likeness (QED) is 0.311. The molecule has 1 aromatic heterocycles. The molecule has 1 aliphatic carbocycles. The van der Waals surface area contributed by atoms with E-state index in [-0.39, 0.29) is 24.9 Å². The smallest absolute Gasteiger partial charge is 0.408 e. The molecule has 0 saturated heterocycles. The standard InChI is InChI=1S/C31H41ClN4O5/c1-22(30(39)36(2)16-13-23-11-14-33-15-12-23)17-27(20-37)34-29(38)28(19-24-7-4-3-5-8-24)35-31(40)41-21-25-9-6-10-26(32)18-25/h6,9-12,14-15,18,20,22,24,27-28H,3-5,7-8,13,16-17,19,21H2,1-2H3,(H,34,38)(H,35,40)/t22?,27-,28-/m0/s1. The number of carbonyl (C=O) groups is 4. The van der Waals surface area contributed by atoms with Gasteiger partial charge in [-0.2, -0.15) is 0 Å². The summed E-state index contributed by atoms with van der Waals surface area (Å²) in [6.45, 7) is 2.28. The van der Waals surface area contributed by atoms with Crippen molar-refractivity contribution in [1.82, 2.24) is 20.5 Å². The Morgan fingerprint density at radius 2 is 1.83 bits per heavy atom. The van der Waals surface area contributed by atoms with Crippen LogP contribution in [0.3, 0.4) is 0 Å². The first-order chi connectivity index (χ1) is 19.7. The number of halogens is 1. The van der Waals surface area contributed by atoms with E-state index in [9.17, 15) is 19.2 Å². The maximum Gasteiger partial charge on any atom is 0.408 e. The Kier molecular flexibility index (Phi) is 13.1. The molecule has 1 aliphatic rings. The minimum Gasteiger partial charge on any atom is -0.445 e. The van der Waals surface area contributed by atoms with Crippen LogP contribution < -0.4 is 10.6 Å². The predicted octanol–water partition coefficient (Wildman–Crippen LogP) is 4.71. The van der Waals surface area contributed by atoms with Gasteiger partial charge in [-0.3, -0.25) is 14.6 Å². The molecule has 9 nitrogen and oxygen atoms in total. The van der Waals surface area contributed by atoms with E-state index in [0.717, 1.165) is 36.8 Å². The Hall–Kier alpha value is -3.46. The van der Waals surface area contributed by atoms with E-state index in [2.05, 4.69) is 15.6 Å². The van der Waals surface area contributed by atoms with Gasteiger partial charge in [0.15, 0.2) is 0 Å². The van der Waals surface area contributed by atoms with Crippen LogP contribution in [0, 0.1) is 11.8 Å². The summed E-state index contributed by atoms with van der Waals surface area (Å²) in [6, 6.07) is 9.08. The van der Waals surface area contributed by atoms with Gasteiger partial charge >= 0.3 is 6.09 Å². The zero-order chi connectivity index (χ0) is 29.6. The number of alkyl carbamates (subject to hydrolysis) is 1. The summed E-state index contributed by atoms with van der Waals surface area (Å²) >= 11 is 6.01. The number of hydrogen-bond donors (Lipinski definition) is 2. The number of benzene rings is 1. The van der Waals surface area contributed by atoms with Crippen molar-refractivity contribution in [3.63, 3.8) is 0 Å². The Labute approximate surface area is 247 Å². The van der Waals surface area contributed by atoms with Crippen molar-refractivity contribution in [1.29, 1.82) is 0 Å². The number of likely N-dealkylation sites (N-methyl/N-ethyl adjacent to an activating group) is 1. The molecule has 1 fully saturated rings. The van der Waals surface area contributed by atoms with Crippen LogP contribution in [0.5, 0.6) is 0 Å². The van der Waals surface area contributed by atoms with Crippen molar-refractivity contribution in [2.75, 3.05) is 13.6 Å². The lowest BCUT2D eigenvalue weighted by Crippen LogP contribution is -2.51. The van der Waals surface area contributed by atoms with E-state index >= 15 is 0 Å². The van der Waals surface area contributed by atoms with Gasteiger partial charge in [0.05, 0.1) is 6.04 Å². The molecule has 0 spiro atoms. The van der Waals surface area contributed by atoms with E-state index in [1.54, 1.807) is 55.5 Å².